The third-order valence-corrected chi connectivity index (χ3v) is 5.01. The summed E-state index contributed by atoms with van der Waals surface area (Å²) in [5.41, 5.74) is 7.30. The van der Waals surface area contributed by atoms with Gasteiger partial charge in [0.25, 0.3) is 0 Å². The molecule has 146 valence electrons. The zero-order valence-corrected chi connectivity index (χ0v) is 16.6. The number of nitrogens with one attached hydrogen (secondary N) is 1. The minimum Gasteiger partial charge on any atom is -0.356 e. The van der Waals surface area contributed by atoms with E-state index < -0.39 is 0 Å². The van der Waals surface area contributed by atoms with Gasteiger partial charge < -0.3 is 16.0 Å². The average Bonchev–Trinajstić information content (AvgIpc) is 2.66. The van der Waals surface area contributed by atoms with Crippen molar-refractivity contribution in [1.29, 1.82) is 0 Å². The molecule has 3 N–H and O–H groups in total. The lowest BCUT2D eigenvalue weighted by molar-refractivity contribution is -0.137. The molecule has 0 aliphatic carbocycles. The molecule has 3 unspecified atom stereocenters. The Balaban J connectivity index is 0.00000338. The van der Waals surface area contributed by atoms with Gasteiger partial charge in [-0.15, -0.1) is 12.4 Å². The molecule has 1 aromatic carbocycles. The predicted molar refractivity (Wildman–Crippen MR) is 107 cm³/mol. The summed E-state index contributed by atoms with van der Waals surface area (Å²) < 4.78 is 0. The molecule has 1 aliphatic rings. The minimum absolute atomic E-state index is 0. The van der Waals surface area contributed by atoms with Gasteiger partial charge in [0.05, 0.1) is 5.92 Å². The topological polar surface area (TPSA) is 75.4 Å². The Kier molecular flexibility index (Phi) is 9.66. The molecule has 5 nitrogen and oxygen atoms in total. The second-order valence-corrected chi connectivity index (χ2v) is 7.07. The molecule has 3 atom stereocenters. The van der Waals surface area contributed by atoms with Gasteiger partial charge in [-0.05, 0) is 30.7 Å². The van der Waals surface area contributed by atoms with E-state index in [2.05, 4.69) is 5.32 Å². The van der Waals surface area contributed by atoms with Gasteiger partial charge in [0, 0.05) is 32.1 Å². The molecular formula is C20H32ClN3O2. The first kappa shape index (κ1) is 22.5. The van der Waals surface area contributed by atoms with Crippen LogP contribution < -0.4 is 11.1 Å². The van der Waals surface area contributed by atoms with Gasteiger partial charge in [-0.2, -0.15) is 0 Å². The fourth-order valence-electron chi connectivity index (χ4n) is 3.41. The molecule has 2 amide bonds. The van der Waals surface area contributed by atoms with E-state index in [-0.39, 0.29) is 36.2 Å². The highest BCUT2D eigenvalue weighted by Crippen LogP contribution is 2.24. The van der Waals surface area contributed by atoms with E-state index >= 15 is 0 Å². The number of carbonyl (C=O) groups excluding carboxylic acids is 2. The number of halogens is 1. The number of hydrogen-bond acceptors (Lipinski definition) is 3. The lowest BCUT2D eigenvalue weighted by atomic mass is 9.92. The number of rotatable bonds is 7. The lowest BCUT2D eigenvalue weighted by Gasteiger charge is -2.35. The van der Waals surface area contributed by atoms with Crippen molar-refractivity contribution in [3.8, 4) is 0 Å². The van der Waals surface area contributed by atoms with Crippen molar-refractivity contribution in [3.05, 3.63) is 35.9 Å². The number of nitrogens with zero attached hydrogens (tertiary/aromatic N) is 1. The van der Waals surface area contributed by atoms with Crippen molar-refractivity contribution in [2.24, 2.45) is 17.6 Å². The van der Waals surface area contributed by atoms with Crippen LogP contribution >= 0.6 is 12.4 Å². The molecule has 1 fully saturated rings. The first-order valence-electron chi connectivity index (χ1n) is 9.39. The van der Waals surface area contributed by atoms with Gasteiger partial charge in [-0.3, -0.25) is 9.59 Å². The minimum atomic E-state index is -0.293. The Morgan fingerprint density at radius 1 is 1.31 bits per heavy atom. The zero-order chi connectivity index (χ0) is 18.2. The van der Waals surface area contributed by atoms with Crippen LogP contribution in [0.4, 0.5) is 0 Å². The molecule has 26 heavy (non-hydrogen) atoms. The van der Waals surface area contributed by atoms with Crippen LogP contribution in [0, 0.1) is 11.8 Å². The van der Waals surface area contributed by atoms with E-state index in [0.717, 1.165) is 31.4 Å². The second-order valence-electron chi connectivity index (χ2n) is 7.07. The summed E-state index contributed by atoms with van der Waals surface area (Å²) in [6.07, 6.45) is 3.46. The first-order valence-corrected chi connectivity index (χ1v) is 9.39. The van der Waals surface area contributed by atoms with Crippen LogP contribution in [0.1, 0.15) is 51.1 Å². The summed E-state index contributed by atoms with van der Waals surface area (Å²) >= 11 is 0. The summed E-state index contributed by atoms with van der Waals surface area (Å²) in [6.45, 7) is 6.05. The normalized spacial score (nSPS) is 19.2. The Hall–Kier alpha value is -1.59. The van der Waals surface area contributed by atoms with Crippen molar-refractivity contribution in [2.45, 2.75) is 45.6 Å². The molecule has 6 heteroatoms. The highest BCUT2D eigenvalue weighted by atomic mass is 35.5. The van der Waals surface area contributed by atoms with Gasteiger partial charge in [0.1, 0.15) is 0 Å². The fourth-order valence-corrected chi connectivity index (χ4v) is 3.41. The maximum Gasteiger partial charge on any atom is 0.227 e. The molecule has 1 aromatic rings. The van der Waals surface area contributed by atoms with Crippen molar-refractivity contribution >= 4 is 24.2 Å². The zero-order valence-electron chi connectivity index (χ0n) is 15.8. The van der Waals surface area contributed by atoms with E-state index in [1.165, 1.54) is 0 Å². The molecule has 2 rings (SSSR count). The van der Waals surface area contributed by atoms with Crippen LogP contribution in [0.25, 0.3) is 0 Å². The summed E-state index contributed by atoms with van der Waals surface area (Å²) in [7, 11) is 0. The van der Waals surface area contributed by atoms with Crippen LogP contribution in [0.15, 0.2) is 30.3 Å². The fraction of sp³-hybridized carbons (Fsp3) is 0.600. The Bertz CT molecular complexity index is 567. The molecule has 0 radical (unpaired) electrons. The second kappa shape index (κ2) is 11.2. The first-order chi connectivity index (χ1) is 12.0. The van der Waals surface area contributed by atoms with Crippen LogP contribution in [0.5, 0.6) is 0 Å². The molecule has 1 heterocycles. The smallest absolute Gasteiger partial charge is 0.227 e. The number of benzene rings is 1. The Morgan fingerprint density at radius 3 is 2.65 bits per heavy atom. The summed E-state index contributed by atoms with van der Waals surface area (Å²) in [4.78, 5) is 26.4. The summed E-state index contributed by atoms with van der Waals surface area (Å²) in [5.74, 6) is 0.292. The summed E-state index contributed by atoms with van der Waals surface area (Å²) in [6, 6.07) is 9.49. The number of hydrogen-bond donors (Lipinski definition) is 2. The van der Waals surface area contributed by atoms with Crippen LogP contribution in [0.3, 0.4) is 0 Å². The number of likely N-dealkylation sites (tertiary alicyclic amines) is 1. The average molecular weight is 382 g/mol. The van der Waals surface area contributed by atoms with E-state index in [1.54, 1.807) is 0 Å². The van der Waals surface area contributed by atoms with E-state index in [1.807, 2.05) is 49.1 Å². The van der Waals surface area contributed by atoms with Crippen LogP contribution in [-0.4, -0.2) is 36.3 Å². The molecule has 0 saturated carbocycles. The quantitative estimate of drug-likeness (QED) is 0.762. The monoisotopic (exact) mass is 381 g/mol. The SMILES string of the molecule is CCCC(=O)NCC1CCCN(C(=O)C(C)C(N)c2ccccc2)C1.Cl. The number of nitrogens with two attached hydrogens (primary N) is 1. The highest BCUT2D eigenvalue weighted by Gasteiger charge is 2.30. The Morgan fingerprint density at radius 2 is 2.00 bits per heavy atom. The molecule has 1 saturated heterocycles. The van der Waals surface area contributed by atoms with Crippen molar-refractivity contribution < 1.29 is 9.59 Å². The third-order valence-electron chi connectivity index (χ3n) is 5.01. The van der Waals surface area contributed by atoms with Gasteiger partial charge in [0.2, 0.25) is 11.8 Å². The van der Waals surface area contributed by atoms with E-state index in [4.69, 9.17) is 5.73 Å². The molecule has 0 spiro atoms. The van der Waals surface area contributed by atoms with Gasteiger partial charge in [-0.1, -0.05) is 44.2 Å². The van der Waals surface area contributed by atoms with Gasteiger partial charge in [0.15, 0.2) is 0 Å². The molecule has 1 aliphatic heterocycles. The van der Waals surface area contributed by atoms with Crippen molar-refractivity contribution in [2.75, 3.05) is 19.6 Å². The molecule has 0 bridgehead atoms. The highest BCUT2D eigenvalue weighted by molar-refractivity contribution is 5.85. The largest absolute Gasteiger partial charge is 0.356 e. The van der Waals surface area contributed by atoms with Crippen LogP contribution in [0.2, 0.25) is 0 Å². The maximum absolute atomic E-state index is 12.9. The third kappa shape index (κ3) is 6.29. The van der Waals surface area contributed by atoms with E-state index in [9.17, 15) is 9.59 Å². The molecular weight excluding hydrogens is 350 g/mol. The standard InChI is InChI=1S/C20H31N3O2.ClH/c1-3-8-18(24)22-13-16-9-7-12-23(14-16)20(25)15(2)19(21)17-10-5-4-6-11-17;/h4-6,10-11,15-16,19H,3,7-9,12-14,21H2,1-2H3,(H,22,24);1H. The maximum atomic E-state index is 12.9. The van der Waals surface area contributed by atoms with Crippen LogP contribution in [-0.2, 0) is 9.59 Å². The number of amides is 2. The van der Waals surface area contributed by atoms with Gasteiger partial charge in [-0.25, -0.2) is 0 Å². The molecule has 0 aromatic heterocycles. The summed E-state index contributed by atoms with van der Waals surface area (Å²) in [5, 5.41) is 2.99. The van der Waals surface area contributed by atoms with Crippen molar-refractivity contribution in [3.63, 3.8) is 0 Å². The number of carbonyl (C=O) groups is 2. The van der Waals surface area contributed by atoms with E-state index in [0.29, 0.717) is 25.4 Å². The van der Waals surface area contributed by atoms with Gasteiger partial charge >= 0.3 is 0 Å². The van der Waals surface area contributed by atoms with Crippen molar-refractivity contribution in [1.82, 2.24) is 10.2 Å². The number of piperidine rings is 1. The lowest BCUT2D eigenvalue weighted by Crippen LogP contribution is -2.47. The predicted octanol–water partition coefficient (Wildman–Crippen LogP) is 2.90. The Labute approximate surface area is 163 Å².